The summed E-state index contributed by atoms with van der Waals surface area (Å²) in [7, 11) is -3.60. The van der Waals surface area contributed by atoms with Crippen molar-refractivity contribution in [3.05, 3.63) is 81.8 Å². The predicted octanol–water partition coefficient (Wildman–Crippen LogP) is 4.22. The summed E-state index contributed by atoms with van der Waals surface area (Å²) in [6, 6.07) is 18.6. The summed E-state index contributed by atoms with van der Waals surface area (Å²) >= 11 is 11.9. The molecule has 0 unspecified atom stereocenters. The van der Waals surface area contributed by atoms with Crippen LogP contribution in [0.25, 0.3) is 10.8 Å². The summed E-state index contributed by atoms with van der Waals surface area (Å²) in [5, 5.41) is 5.65. The Hall–Kier alpha value is -2.12. The maximum Gasteiger partial charge on any atom is 0.235 e. The number of rotatable bonds is 7. The van der Waals surface area contributed by atoms with Gasteiger partial charge in [0.2, 0.25) is 15.9 Å². The van der Waals surface area contributed by atoms with Crippen LogP contribution >= 0.6 is 23.2 Å². The van der Waals surface area contributed by atoms with Crippen LogP contribution in [0.5, 0.6) is 0 Å². The minimum Gasteiger partial charge on any atom is -0.351 e. The van der Waals surface area contributed by atoms with E-state index >= 15 is 0 Å². The number of nitrogens with zero attached hydrogens (tertiary/aromatic N) is 1. The van der Waals surface area contributed by atoms with Crippen molar-refractivity contribution in [1.82, 2.24) is 9.62 Å². The van der Waals surface area contributed by atoms with Gasteiger partial charge in [0.25, 0.3) is 0 Å². The molecule has 1 N–H and O–H groups in total. The first-order valence-electron chi connectivity index (χ1n) is 8.86. The van der Waals surface area contributed by atoms with Gasteiger partial charge in [0.1, 0.15) is 0 Å². The SMILES string of the molecule is CS(=O)(=O)N(CC(=O)NCc1cccc2ccccc12)Cc1ccc(Cl)c(Cl)c1. The van der Waals surface area contributed by atoms with E-state index in [0.717, 1.165) is 26.9 Å². The molecule has 0 atom stereocenters. The number of amides is 1. The minimum absolute atomic E-state index is 0.0252. The zero-order valence-corrected chi connectivity index (χ0v) is 18.1. The van der Waals surface area contributed by atoms with Crippen LogP contribution in [-0.4, -0.2) is 31.4 Å². The zero-order valence-electron chi connectivity index (χ0n) is 15.7. The van der Waals surface area contributed by atoms with Gasteiger partial charge < -0.3 is 5.32 Å². The van der Waals surface area contributed by atoms with E-state index in [0.29, 0.717) is 22.2 Å². The quantitative estimate of drug-likeness (QED) is 0.585. The second kappa shape index (κ2) is 9.13. The molecule has 0 bridgehead atoms. The first-order chi connectivity index (χ1) is 13.7. The lowest BCUT2D eigenvalue weighted by molar-refractivity contribution is -0.121. The number of carbonyl (C=O) groups excluding carboxylic acids is 1. The molecule has 5 nitrogen and oxygen atoms in total. The third-order valence-electron chi connectivity index (χ3n) is 4.49. The molecule has 0 aromatic heterocycles. The minimum atomic E-state index is -3.60. The topological polar surface area (TPSA) is 66.5 Å². The molecule has 3 rings (SSSR count). The van der Waals surface area contributed by atoms with Crippen LogP contribution in [-0.2, 0) is 27.9 Å². The summed E-state index contributed by atoms with van der Waals surface area (Å²) in [5.74, 6) is -0.386. The van der Waals surface area contributed by atoms with Crippen LogP contribution in [0.4, 0.5) is 0 Å². The molecule has 0 saturated carbocycles. The number of benzene rings is 3. The highest BCUT2D eigenvalue weighted by Gasteiger charge is 2.21. The van der Waals surface area contributed by atoms with E-state index in [1.54, 1.807) is 18.2 Å². The van der Waals surface area contributed by atoms with E-state index in [1.807, 2.05) is 42.5 Å². The molecule has 0 aliphatic heterocycles. The van der Waals surface area contributed by atoms with Crippen molar-refractivity contribution in [3.8, 4) is 0 Å². The fourth-order valence-electron chi connectivity index (χ4n) is 2.99. The van der Waals surface area contributed by atoms with Gasteiger partial charge in [0.05, 0.1) is 22.8 Å². The molecule has 0 fully saturated rings. The van der Waals surface area contributed by atoms with E-state index in [1.165, 1.54) is 0 Å². The Morgan fingerprint density at radius 3 is 2.45 bits per heavy atom. The van der Waals surface area contributed by atoms with Crippen molar-refractivity contribution >= 4 is 49.9 Å². The van der Waals surface area contributed by atoms with E-state index in [9.17, 15) is 13.2 Å². The summed E-state index contributed by atoms with van der Waals surface area (Å²) in [6.07, 6.45) is 1.07. The average Bonchev–Trinajstić information content (AvgIpc) is 2.68. The molecular weight excluding hydrogens is 431 g/mol. The molecule has 8 heteroatoms. The Bertz CT molecular complexity index is 1140. The summed E-state index contributed by atoms with van der Waals surface area (Å²) in [5.41, 5.74) is 1.61. The van der Waals surface area contributed by atoms with Crippen molar-refractivity contribution in [3.63, 3.8) is 0 Å². The highest BCUT2D eigenvalue weighted by Crippen LogP contribution is 2.23. The molecule has 0 radical (unpaired) electrons. The van der Waals surface area contributed by atoms with Crippen LogP contribution in [0, 0.1) is 0 Å². The fourth-order valence-corrected chi connectivity index (χ4v) is 4.04. The third-order valence-corrected chi connectivity index (χ3v) is 6.42. The number of fused-ring (bicyclic) bond motifs is 1. The van der Waals surface area contributed by atoms with E-state index < -0.39 is 10.0 Å². The second-order valence-corrected chi connectivity index (χ2v) is 9.49. The van der Waals surface area contributed by atoms with Gasteiger partial charge in [-0.05, 0) is 34.0 Å². The normalized spacial score (nSPS) is 11.7. The van der Waals surface area contributed by atoms with Crippen LogP contribution < -0.4 is 5.32 Å². The Labute approximate surface area is 180 Å². The van der Waals surface area contributed by atoms with Gasteiger partial charge in [0, 0.05) is 13.1 Å². The number of carbonyl (C=O) groups is 1. The number of hydrogen-bond acceptors (Lipinski definition) is 3. The lowest BCUT2D eigenvalue weighted by atomic mass is 10.0. The van der Waals surface area contributed by atoms with Crippen LogP contribution in [0.3, 0.4) is 0 Å². The molecule has 152 valence electrons. The summed E-state index contributed by atoms with van der Waals surface area (Å²) in [4.78, 5) is 12.5. The van der Waals surface area contributed by atoms with E-state index in [2.05, 4.69) is 5.32 Å². The lowest BCUT2D eigenvalue weighted by Crippen LogP contribution is -2.39. The zero-order chi connectivity index (χ0) is 21.0. The smallest absolute Gasteiger partial charge is 0.235 e. The molecule has 0 spiro atoms. The molecule has 0 heterocycles. The van der Waals surface area contributed by atoms with Gasteiger partial charge in [0.15, 0.2) is 0 Å². The molecule has 3 aromatic rings. The summed E-state index contributed by atoms with van der Waals surface area (Å²) < 4.78 is 25.4. The van der Waals surface area contributed by atoms with Gasteiger partial charge in [-0.1, -0.05) is 71.7 Å². The van der Waals surface area contributed by atoms with Crippen LogP contribution in [0.15, 0.2) is 60.7 Å². The Balaban J connectivity index is 1.69. The maximum absolute atomic E-state index is 12.5. The number of halogens is 2. The van der Waals surface area contributed by atoms with Crippen molar-refractivity contribution in [1.29, 1.82) is 0 Å². The monoisotopic (exact) mass is 450 g/mol. The largest absolute Gasteiger partial charge is 0.351 e. The second-order valence-electron chi connectivity index (χ2n) is 6.69. The first-order valence-corrected chi connectivity index (χ1v) is 11.5. The first kappa shape index (κ1) is 21.6. The molecule has 0 aliphatic rings. The highest BCUT2D eigenvalue weighted by atomic mass is 35.5. The van der Waals surface area contributed by atoms with E-state index in [-0.39, 0.29) is 19.0 Å². The number of sulfonamides is 1. The Morgan fingerprint density at radius 2 is 1.72 bits per heavy atom. The van der Waals surface area contributed by atoms with Crippen LogP contribution in [0.1, 0.15) is 11.1 Å². The average molecular weight is 451 g/mol. The van der Waals surface area contributed by atoms with Crippen molar-refractivity contribution in [2.45, 2.75) is 13.1 Å². The molecular formula is C21H20Cl2N2O3S. The van der Waals surface area contributed by atoms with Gasteiger partial charge >= 0.3 is 0 Å². The fraction of sp³-hybridized carbons (Fsp3) is 0.190. The van der Waals surface area contributed by atoms with Gasteiger partial charge in [-0.15, -0.1) is 0 Å². The van der Waals surface area contributed by atoms with Crippen molar-refractivity contribution in [2.75, 3.05) is 12.8 Å². The third kappa shape index (κ3) is 5.70. The van der Waals surface area contributed by atoms with Gasteiger partial charge in [-0.3, -0.25) is 4.79 Å². The van der Waals surface area contributed by atoms with Crippen LogP contribution in [0.2, 0.25) is 10.0 Å². The predicted molar refractivity (Wildman–Crippen MR) is 118 cm³/mol. The van der Waals surface area contributed by atoms with Gasteiger partial charge in [-0.2, -0.15) is 4.31 Å². The Kier molecular flexibility index (Phi) is 6.80. The molecule has 1 amide bonds. The standard InChI is InChI=1S/C21H20Cl2N2O3S/c1-29(27,28)25(13-15-9-10-19(22)20(23)11-15)14-21(26)24-12-17-7-4-6-16-5-2-3-8-18(16)17/h2-11H,12-14H2,1H3,(H,24,26). The van der Waals surface area contributed by atoms with E-state index in [4.69, 9.17) is 23.2 Å². The summed E-state index contributed by atoms with van der Waals surface area (Å²) in [6.45, 7) is 0.0474. The lowest BCUT2D eigenvalue weighted by Gasteiger charge is -2.20. The molecule has 29 heavy (non-hydrogen) atoms. The highest BCUT2D eigenvalue weighted by molar-refractivity contribution is 7.88. The molecule has 3 aromatic carbocycles. The van der Waals surface area contributed by atoms with Crippen molar-refractivity contribution < 1.29 is 13.2 Å². The molecule has 0 aliphatic carbocycles. The van der Waals surface area contributed by atoms with Crippen molar-refractivity contribution in [2.24, 2.45) is 0 Å². The maximum atomic E-state index is 12.5. The Morgan fingerprint density at radius 1 is 1.00 bits per heavy atom. The number of nitrogens with one attached hydrogen (secondary N) is 1. The van der Waals surface area contributed by atoms with Gasteiger partial charge in [-0.25, -0.2) is 8.42 Å². The number of hydrogen-bond donors (Lipinski definition) is 1. The molecule has 0 saturated heterocycles.